The number of nitrogen functional groups attached to an aromatic ring is 1. The van der Waals surface area contributed by atoms with Crippen LogP contribution < -0.4 is 11.1 Å². The van der Waals surface area contributed by atoms with E-state index in [-0.39, 0.29) is 5.91 Å². The number of nitrogens with zero attached hydrogens (tertiary/aromatic N) is 1. The van der Waals surface area contributed by atoms with Crippen LogP contribution in [0.1, 0.15) is 31.2 Å². The summed E-state index contributed by atoms with van der Waals surface area (Å²) in [4.78, 5) is 14.2. The van der Waals surface area contributed by atoms with Gasteiger partial charge in [0.05, 0.1) is 6.54 Å². The van der Waals surface area contributed by atoms with Gasteiger partial charge in [0.15, 0.2) is 0 Å². The molecule has 19 heavy (non-hydrogen) atoms. The minimum Gasteiger partial charge on any atom is -0.399 e. The molecule has 2 aliphatic rings. The van der Waals surface area contributed by atoms with E-state index < -0.39 is 0 Å². The number of hydrogen-bond donors (Lipinski definition) is 2. The summed E-state index contributed by atoms with van der Waals surface area (Å²) in [6, 6.07) is 8.97. The van der Waals surface area contributed by atoms with Crippen LogP contribution in [0.4, 0.5) is 5.69 Å². The third-order valence-corrected chi connectivity index (χ3v) is 3.72. The summed E-state index contributed by atoms with van der Waals surface area (Å²) in [6.07, 6.45) is 4.72. The van der Waals surface area contributed by atoms with Crippen molar-refractivity contribution in [1.29, 1.82) is 0 Å². The molecule has 2 saturated carbocycles. The van der Waals surface area contributed by atoms with Gasteiger partial charge in [0.1, 0.15) is 0 Å². The SMILES string of the molecule is Nc1ccc(CN(CC(=O)NC2CC2)C2CC2)cc1. The maximum atomic E-state index is 11.9. The van der Waals surface area contributed by atoms with E-state index >= 15 is 0 Å². The molecular formula is C15H21N3O. The summed E-state index contributed by atoms with van der Waals surface area (Å²) in [5, 5.41) is 3.06. The van der Waals surface area contributed by atoms with Gasteiger partial charge in [0.2, 0.25) is 5.91 Å². The summed E-state index contributed by atoms with van der Waals surface area (Å²) < 4.78 is 0. The van der Waals surface area contributed by atoms with Crippen LogP contribution in [0.2, 0.25) is 0 Å². The van der Waals surface area contributed by atoms with E-state index in [1.165, 1.54) is 18.4 Å². The molecule has 0 saturated heterocycles. The molecular weight excluding hydrogens is 238 g/mol. The first kappa shape index (κ1) is 12.5. The van der Waals surface area contributed by atoms with Crippen LogP contribution in [0.5, 0.6) is 0 Å². The number of nitrogens with two attached hydrogens (primary N) is 1. The van der Waals surface area contributed by atoms with Gasteiger partial charge in [-0.15, -0.1) is 0 Å². The maximum absolute atomic E-state index is 11.9. The second kappa shape index (κ2) is 5.21. The van der Waals surface area contributed by atoms with Crippen molar-refractivity contribution in [2.75, 3.05) is 12.3 Å². The molecule has 0 aromatic heterocycles. The molecule has 0 unspecified atom stereocenters. The van der Waals surface area contributed by atoms with Crippen LogP contribution in [0.3, 0.4) is 0 Å². The molecule has 0 atom stereocenters. The largest absolute Gasteiger partial charge is 0.399 e. The number of carbonyl (C=O) groups excluding carboxylic acids is 1. The van der Waals surface area contributed by atoms with Crippen LogP contribution in [0.15, 0.2) is 24.3 Å². The van der Waals surface area contributed by atoms with Crippen molar-refractivity contribution in [3.05, 3.63) is 29.8 Å². The quantitative estimate of drug-likeness (QED) is 0.761. The highest BCUT2D eigenvalue weighted by Gasteiger charge is 2.31. The number of rotatable bonds is 6. The van der Waals surface area contributed by atoms with Crippen molar-refractivity contribution in [1.82, 2.24) is 10.2 Å². The Hall–Kier alpha value is -1.55. The molecule has 4 nitrogen and oxygen atoms in total. The second-order valence-corrected chi connectivity index (χ2v) is 5.72. The average Bonchev–Trinajstić information content (AvgIpc) is 3.24. The molecule has 0 aliphatic heterocycles. The zero-order valence-corrected chi connectivity index (χ0v) is 11.1. The summed E-state index contributed by atoms with van der Waals surface area (Å²) >= 11 is 0. The highest BCUT2D eigenvalue weighted by Crippen LogP contribution is 2.28. The molecule has 1 amide bonds. The van der Waals surface area contributed by atoms with Crippen molar-refractivity contribution in [3.8, 4) is 0 Å². The molecule has 0 heterocycles. The first-order valence-corrected chi connectivity index (χ1v) is 7.08. The van der Waals surface area contributed by atoms with E-state index in [2.05, 4.69) is 10.2 Å². The number of hydrogen-bond acceptors (Lipinski definition) is 3. The molecule has 0 radical (unpaired) electrons. The standard InChI is InChI=1S/C15H21N3O/c16-12-3-1-11(2-4-12)9-18(14-7-8-14)10-15(19)17-13-5-6-13/h1-4,13-14H,5-10,16H2,(H,17,19). The maximum Gasteiger partial charge on any atom is 0.234 e. The highest BCUT2D eigenvalue weighted by atomic mass is 16.2. The Labute approximate surface area is 114 Å². The molecule has 1 aromatic rings. The Kier molecular flexibility index (Phi) is 3.42. The fraction of sp³-hybridized carbons (Fsp3) is 0.533. The van der Waals surface area contributed by atoms with Gasteiger partial charge in [-0.05, 0) is 43.4 Å². The lowest BCUT2D eigenvalue weighted by molar-refractivity contribution is -0.122. The van der Waals surface area contributed by atoms with Gasteiger partial charge in [-0.1, -0.05) is 12.1 Å². The van der Waals surface area contributed by atoms with Gasteiger partial charge in [-0.25, -0.2) is 0 Å². The van der Waals surface area contributed by atoms with E-state index in [1.54, 1.807) is 0 Å². The van der Waals surface area contributed by atoms with Crippen LogP contribution >= 0.6 is 0 Å². The molecule has 3 N–H and O–H groups in total. The Morgan fingerprint density at radius 1 is 1.21 bits per heavy atom. The Bertz CT molecular complexity index is 449. The fourth-order valence-electron chi connectivity index (χ4n) is 2.30. The zero-order chi connectivity index (χ0) is 13.2. The molecule has 3 rings (SSSR count). The van der Waals surface area contributed by atoms with Crippen molar-refractivity contribution >= 4 is 11.6 Å². The van der Waals surface area contributed by atoms with E-state index in [4.69, 9.17) is 5.73 Å². The number of anilines is 1. The second-order valence-electron chi connectivity index (χ2n) is 5.72. The van der Waals surface area contributed by atoms with Crippen molar-refractivity contribution < 1.29 is 4.79 Å². The summed E-state index contributed by atoms with van der Waals surface area (Å²) in [7, 11) is 0. The van der Waals surface area contributed by atoms with Crippen LogP contribution in [0, 0.1) is 0 Å². The molecule has 4 heteroatoms. The molecule has 2 aliphatic carbocycles. The van der Waals surface area contributed by atoms with Crippen molar-refractivity contribution in [3.63, 3.8) is 0 Å². The minimum atomic E-state index is 0.171. The summed E-state index contributed by atoms with van der Waals surface area (Å²) in [6.45, 7) is 1.36. The van der Waals surface area contributed by atoms with Crippen molar-refractivity contribution in [2.45, 2.75) is 44.3 Å². The van der Waals surface area contributed by atoms with E-state index in [0.29, 0.717) is 18.6 Å². The van der Waals surface area contributed by atoms with Gasteiger partial charge in [-0.2, -0.15) is 0 Å². The Morgan fingerprint density at radius 2 is 1.89 bits per heavy atom. The molecule has 0 bridgehead atoms. The molecule has 1 aromatic carbocycles. The van der Waals surface area contributed by atoms with E-state index in [9.17, 15) is 4.79 Å². The molecule has 0 spiro atoms. The predicted molar refractivity (Wildman–Crippen MR) is 75.5 cm³/mol. The predicted octanol–water partition coefficient (Wildman–Crippen LogP) is 1.51. The van der Waals surface area contributed by atoms with Gasteiger partial charge in [0.25, 0.3) is 0 Å². The van der Waals surface area contributed by atoms with Crippen molar-refractivity contribution in [2.24, 2.45) is 0 Å². The first-order valence-electron chi connectivity index (χ1n) is 7.08. The number of amides is 1. The zero-order valence-electron chi connectivity index (χ0n) is 11.1. The Balaban J connectivity index is 1.57. The third kappa shape index (κ3) is 3.70. The fourth-order valence-corrected chi connectivity index (χ4v) is 2.30. The minimum absolute atomic E-state index is 0.171. The van der Waals surface area contributed by atoms with Gasteiger partial charge < -0.3 is 11.1 Å². The topological polar surface area (TPSA) is 58.4 Å². The lowest BCUT2D eigenvalue weighted by atomic mass is 10.2. The van der Waals surface area contributed by atoms with Crippen LogP contribution in [-0.2, 0) is 11.3 Å². The third-order valence-electron chi connectivity index (χ3n) is 3.72. The monoisotopic (exact) mass is 259 g/mol. The smallest absolute Gasteiger partial charge is 0.234 e. The summed E-state index contributed by atoms with van der Waals surface area (Å²) in [5.41, 5.74) is 7.70. The van der Waals surface area contributed by atoms with Crippen LogP contribution in [0.25, 0.3) is 0 Å². The van der Waals surface area contributed by atoms with Gasteiger partial charge in [0, 0.05) is 24.3 Å². The van der Waals surface area contributed by atoms with Gasteiger partial charge >= 0.3 is 0 Å². The Morgan fingerprint density at radius 3 is 2.47 bits per heavy atom. The lowest BCUT2D eigenvalue weighted by Gasteiger charge is -2.21. The lowest BCUT2D eigenvalue weighted by Crippen LogP contribution is -2.38. The number of benzene rings is 1. The van der Waals surface area contributed by atoms with E-state index in [1.807, 2.05) is 24.3 Å². The van der Waals surface area contributed by atoms with E-state index in [0.717, 1.165) is 25.1 Å². The van der Waals surface area contributed by atoms with Crippen LogP contribution in [-0.4, -0.2) is 29.4 Å². The number of carbonyl (C=O) groups is 1. The number of nitrogens with one attached hydrogen (secondary N) is 1. The first-order chi connectivity index (χ1) is 9.20. The molecule has 2 fully saturated rings. The summed E-state index contributed by atoms with van der Waals surface area (Å²) in [5.74, 6) is 0.171. The highest BCUT2D eigenvalue weighted by molar-refractivity contribution is 5.78. The average molecular weight is 259 g/mol. The normalized spacial score (nSPS) is 18.6. The molecule has 102 valence electrons. The van der Waals surface area contributed by atoms with Gasteiger partial charge in [-0.3, -0.25) is 9.69 Å².